The van der Waals surface area contributed by atoms with Crippen molar-refractivity contribution < 1.29 is 0 Å². The molecular weight excluding hydrogens is 408 g/mol. The zero-order valence-electron chi connectivity index (χ0n) is 17.4. The summed E-state index contributed by atoms with van der Waals surface area (Å²) < 4.78 is 1.88. The molecule has 2 aliphatic rings. The molecular formula is C25H23ClN4O. The van der Waals surface area contributed by atoms with Gasteiger partial charge in [-0.1, -0.05) is 29.8 Å². The number of hydrogen-bond donors (Lipinski definition) is 0. The van der Waals surface area contributed by atoms with Gasteiger partial charge in [0.15, 0.2) is 0 Å². The monoisotopic (exact) mass is 430 g/mol. The Balaban J connectivity index is 1.56. The molecule has 0 unspecified atom stereocenters. The van der Waals surface area contributed by atoms with E-state index in [2.05, 4.69) is 22.9 Å². The van der Waals surface area contributed by atoms with Gasteiger partial charge in [-0.25, -0.2) is 4.98 Å². The van der Waals surface area contributed by atoms with E-state index in [0.717, 1.165) is 71.4 Å². The fourth-order valence-electron chi connectivity index (χ4n) is 4.94. The van der Waals surface area contributed by atoms with Crippen molar-refractivity contribution in [1.29, 1.82) is 0 Å². The van der Waals surface area contributed by atoms with Crippen molar-refractivity contribution in [2.24, 2.45) is 0 Å². The summed E-state index contributed by atoms with van der Waals surface area (Å²) in [6.45, 7) is 5.61. The molecule has 2 aromatic heterocycles. The number of benzene rings is 2. The van der Waals surface area contributed by atoms with Crippen molar-refractivity contribution in [3.63, 3.8) is 0 Å². The van der Waals surface area contributed by atoms with Crippen LogP contribution in [0.5, 0.6) is 0 Å². The molecule has 156 valence electrons. The average molecular weight is 431 g/mol. The predicted octanol–water partition coefficient (Wildman–Crippen LogP) is 3.98. The molecule has 0 spiro atoms. The van der Waals surface area contributed by atoms with Gasteiger partial charge in [0.25, 0.3) is 5.56 Å². The van der Waals surface area contributed by atoms with Crippen LogP contribution in [0.15, 0.2) is 53.3 Å². The number of piperazine rings is 1. The van der Waals surface area contributed by atoms with Gasteiger partial charge in [0.05, 0.1) is 23.4 Å². The summed E-state index contributed by atoms with van der Waals surface area (Å²) in [5.74, 6) is 0. The molecule has 1 fully saturated rings. The molecule has 6 heteroatoms. The first-order valence-corrected chi connectivity index (χ1v) is 11.1. The summed E-state index contributed by atoms with van der Waals surface area (Å²) in [5.41, 5.74) is 5.23. The molecule has 0 atom stereocenters. The molecule has 0 bridgehead atoms. The summed E-state index contributed by atoms with van der Waals surface area (Å²) in [5, 5.41) is 3.53. The highest BCUT2D eigenvalue weighted by atomic mass is 35.5. The third-order valence-corrected chi connectivity index (χ3v) is 6.96. The van der Waals surface area contributed by atoms with E-state index in [0.29, 0.717) is 11.6 Å². The molecule has 31 heavy (non-hydrogen) atoms. The van der Waals surface area contributed by atoms with Gasteiger partial charge >= 0.3 is 0 Å². The maximum atomic E-state index is 13.3. The Labute approximate surface area is 185 Å². The minimum absolute atomic E-state index is 0.0544. The van der Waals surface area contributed by atoms with Crippen LogP contribution in [-0.2, 0) is 13.1 Å². The van der Waals surface area contributed by atoms with Crippen LogP contribution in [0.2, 0.25) is 5.02 Å². The van der Waals surface area contributed by atoms with Crippen molar-refractivity contribution in [3.8, 4) is 11.4 Å². The summed E-state index contributed by atoms with van der Waals surface area (Å²) in [6.07, 6.45) is 0. The van der Waals surface area contributed by atoms with Crippen LogP contribution in [0.25, 0.3) is 33.1 Å². The molecule has 2 aromatic carbocycles. The molecule has 5 nitrogen and oxygen atoms in total. The summed E-state index contributed by atoms with van der Waals surface area (Å²) in [4.78, 5) is 23.1. The average Bonchev–Trinajstić information content (AvgIpc) is 3.14. The highest BCUT2D eigenvalue weighted by Crippen LogP contribution is 2.37. The lowest BCUT2D eigenvalue weighted by Gasteiger charge is -2.33. The van der Waals surface area contributed by atoms with E-state index in [4.69, 9.17) is 16.6 Å². The summed E-state index contributed by atoms with van der Waals surface area (Å²) in [7, 11) is 2.17. The van der Waals surface area contributed by atoms with E-state index < -0.39 is 0 Å². The lowest BCUT2D eigenvalue weighted by atomic mass is 9.99. The van der Waals surface area contributed by atoms with E-state index in [1.807, 2.05) is 47.0 Å². The zero-order valence-corrected chi connectivity index (χ0v) is 18.2. The molecule has 0 amide bonds. The van der Waals surface area contributed by atoms with Crippen molar-refractivity contribution in [3.05, 3.63) is 75.0 Å². The normalized spacial score (nSPS) is 16.7. The Kier molecular flexibility index (Phi) is 4.39. The van der Waals surface area contributed by atoms with Gasteiger partial charge in [0.2, 0.25) is 0 Å². The van der Waals surface area contributed by atoms with Crippen LogP contribution in [0.4, 0.5) is 0 Å². The van der Waals surface area contributed by atoms with Gasteiger partial charge < -0.3 is 9.47 Å². The number of rotatable bonds is 2. The van der Waals surface area contributed by atoms with Gasteiger partial charge in [0, 0.05) is 54.1 Å². The second-order valence-electron chi connectivity index (χ2n) is 8.67. The first-order valence-electron chi connectivity index (χ1n) is 10.7. The quantitative estimate of drug-likeness (QED) is 0.425. The van der Waals surface area contributed by atoms with Crippen LogP contribution in [0.1, 0.15) is 11.1 Å². The van der Waals surface area contributed by atoms with Crippen LogP contribution in [0.3, 0.4) is 0 Å². The molecule has 4 heterocycles. The van der Waals surface area contributed by atoms with Crippen LogP contribution >= 0.6 is 11.6 Å². The van der Waals surface area contributed by atoms with Crippen molar-refractivity contribution in [1.82, 2.24) is 19.4 Å². The first kappa shape index (κ1) is 19.0. The maximum absolute atomic E-state index is 13.3. The van der Waals surface area contributed by atoms with Gasteiger partial charge in [-0.2, -0.15) is 0 Å². The molecule has 1 saturated heterocycles. The second kappa shape index (κ2) is 7.16. The van der Waals surface area contributed by atoms with E-state index in [-0.39, 0.29) is 5.56 Å². The van der Waals surface area contributed by atoms with Crippen molar-refractivity contribution in [2.75, 3.05) is 33.2 Å². The maximum Gasteiger partial charge on any atom is 0.259 e. The van der Waals surface area contributed by atoms with Crippen LogP contribution in [-0.4, -0.2) is 52.6 Å². The smallest absolute Gasteiger partial charge is 0.259 e. The van der Waals surface area contributed by atoms with E-state index in [1.165, 1.54) is 5.56 Å². The summed E-state index contributed by atoms with van der Waals surface area (Å²) in [6, 6.07) is 15.8. The largest absolute Gasteiger partial charge is 0.304 e. The third kappa shape index (κ3) is 3.07. The van der Waals surface area contributed by atoms with E-state index in [1.54, 1.807) is 0 Å². The fourth-order valence-corrected chi connectivity index (χ4v) is 5.11. The molecule has 2 aliphatic heterocycles. The molecule has 0 aliphatic carbocycles. The Morgan fingerprint density at radius 2 is 1.81 bits per heavy atom. The molecule has 0 N–H and O–H groups in total. The second-order valence-corrected chi connectivity index (χ2v) is 9.10. The van der Waals surface area contributed by atoms with Gasteiger partial charge in [-0.05, 0) is 48.3 Å². The number of pyridine rings is 2. The third-order valence-electron chi connectivity index (χ3n) is 6.72. The number of aromatic nitrogens is 2. The Hall–Kier alpha value is -2.73. The minimum Gasteiger partial charge on any atom is -0.304 e. The van der Waals surface area contributed by atoms with Gasteiger partial charge in [-0.15, -0.1) is 0 Å². The Morgan fingerprint density at radius 1 is 1.00 bits per heavy atom. The first-order chi connectivity index (χ1) is 15.1. The molecule has 0 radical (unpaired) electrons. The Morgan fingerprint density at radius 3 is 2.65 bits per heavy atom. The van der Waals surface area contributed by atoms with E-state index in [9.17, 15) is 4.79 Å². The lowest BCUT2D eigenvalue weighted by Crippen LogP contribution is -2.44. The van der Waals surface area contributed by atoms with Gasteiger partial charge in [-0.3, -0.25) is 9.69 Å². The molecule has 4 aromatic rings. The van der Waals surface area contributed by atoms with Gasteiger partial charge in [0.1, 0.15) is 0 Å². The summed E-state index contributed by atoms with van der Waals surface area (Å²) >= 11 is 6.39. The zero-order chi connectivity index (χ0) is 21.1. The SMILES string of the molecule is CN1CCN(Cc2c3c(nc4ccc(Cl)cc24)-c2cc4ccccc4c(=O)n2C3)CC1. The molecule has 6 rings (SSSR count). The van der Waals surface area contributed by atoms with E-state index >= 15 is 0 Å². The lowest BCUT2D eigenvalue weighted by molar-refractivity contribution is 0.148. The minimum atomic E-state index is 0.0544. The highest BCUT2D eigenvalue weighted by Gasteiger charge is 2.28. The number of halogens is 1. The van der Waals surface area contributed by atoms with Crippen LogP contribution in [0, 0.1) is 0 Å². The van der Waals surface area contributed by atoms with Crippen molar-refractivity contribution in [2.45, 2.75) is 13.1 Å². The predicted molar refractivity (Wildman–Crippen MR) is 126 cm³/mol. The Bertz CT molecular complexity index is 1400. The number of hydrogen-bond acceptors (Lipinski definition) is 4. The fraction of sp³-hybridized carbons (Fsp3) is 0.280. The number of fused-ring (bicyclic) bond motifs is 5. The number of likely N-dealkylation sites (N-methyl/N-ethyl adjacent to an activating group) is 1. The van der Waals surface area contributed by atoms with Crippen LogP contribution < -0.4 is 5.56 Å². The highest BCUT2D eigenvalue weighted by molar-refractivity contribution is 6.31. The standard InChI is InChI=1S/C25H23ClN4O/c1-28-8-10-29(11-9-28)14-20-19-13-17(26)6-7-22(19)27-24-21(20)15-30-23(24)12-16-4-2-3-5-18(16)25(30)31/h2-7,12-13H,8-11,14-15H2,1H3. The number of nitrogens with zero attached hydrogens (tertiary/aromatic N) is 4. The topological polar surface area (TPSA) is 41.4 Å². The van der Waals surface area contributed by atoms with Crippen molar-refractivity contribution >= 4 is 33.3 Å². The molecule has 0 saturated carbocycles.